The molecule has 0 unspecified atom stereocenters. The molecule has 4 aromatic rings. The molecule has 0 saturated carbocycles. The number of urea groups is 1. The van der Waals surface area contributed by atoms with E-state index in [2.05, 4.69) is 40.7 Å². The van der Waals surface area contributed by atoms with E-state index in [-0.39, 0.29) is 24.4 Å². The van der Waals surface area contributed by atoms with Crippen LogP contribution in [0.3, 0.4) is 0 Å². The molecule has 5 N–H and O–H groups in total. The quantitative estimate of drug-likeness (QED) is 0.153. The van der Waals surface area contributed by atoms with Gasteiger partial charge in [0.1, 0.15) is 29.5 Å². The lowest BCUT2D eigenvalue weighted by molar-refractivity contribution is -0.140. The number of thiazole rings is 1. The van der Waals surface area contributed by atoms with Gasteiger partial charge in [0.2, 0.25) is 11.8 Å². The molecular weight excluding hydrogens is 731 g/mol. The number of rotatable bonds is 10. The molecule has 4 heterocycles. The zero-order valence-corrected chi connectivity index (χ0v) is 31.7. The number of H-pyrrole nitrogens is 1. The van der Waals surface area contributed by atoms with E-state index in [9.17, 15) is 28.8 Å². The molecule has 55 heavy (non-hydrogen) atoms. The van der Waals surface area contributed by atoms with Gasteiger partial charge in [-0.1, -0.05) is 38.1 Å². The largest absolute Gasteiger partial charge is 0.453 e. The van der Waals surface area contributed by atoms with Crippen molar-refractivity contribution in [2.24, 2.45) is 5.92 Å². The topological polar surface area (TPSA) is 217 Å². The van der Waals surface area contributed by atoms with Gasteiger partial charge in [-0.15, -0.1) is 11.3 Å². The lowest BCUT2D eigenvalue weighted by Gasteiger charge is -2.30. The van der Waals surface area contributed by atoms with Crippen LogP contribution in [0.5, 0.6) is 0 Å². The fourth-order valence-electron chi connectivity index (χ4n) is 6.78. The summed E-state index contributed by atoms with van der Waals surface area (Å²) in [6.07, 6.45) is 2.88. The van der Waals surface area contributed by atoms with Crippen LogP contribution >= 0.6 is 11.3 Å². The van der Waals surface area contributed by atoms with E-state index >= 15 is 0 Å². The van der Waals surface area contributed by atoms with Gasteiger partial charge in [0.05, 0.1) is 42.4 Å². The zero-order valence-electron chi connectivity index (χ0n) is 30.8. The summed E-state index contributed by atoms with van der Waals surface area (Å²) in [5.74, 6) is -0.806. The zero-order chi connectivity index (χ0) is 39.2. The summed E-state index contributed by atoms with van der Waals surface area (Å²) in [5.41, 5.74) is 3.80. The highest BCUT2D eigenvalue weighted by atomic mass is 32.1. The van der Waals surface area contributed by atoms with E-state index in [4.69, 9.17) is 4.98 Å². The van der Waals surface area contributed by atoms with Gasteiger partial charge in [-0.05, 0) is 55.4 Å². The number of aromatic amines is 1. The standard InChI is InChI=1S/C37H43N9O8S/c1-20(2)30(43-37(52)54-4)34(49)46-16-6-8-27(46)32(48)44-35(50)40-23-13-14-24-28(17-23)55-33(42-24)22-11-9-21(10-12-22)25-18-38-31(41-25)26-7-5-15-45(26)29(47)19-39-36(51)53-3/h9-14,17-18,20,26-27,30H,5-8,15-16,19H2,1-4H3,(H,38,41)(H,39,51)(H,43,52)(H2,40,44,48,50)/t26-,27-,30-/m0/s1. The van der Waals surface area contributed by atoms with Gasteiger partial charge >= 0.3 is 18.2 Å². The van der Waals surface area contributed by atoms with Crippen molar-refractivity contribution in [2.75, 3.05) is 39.2 Å². The van der Waals surface area contributed by atoms with Crippen molar-refractivity contribution in [2.45, 2.75) is 57.7 Å². The molecule has 290 valence electrons. The number of carbonyl (C=O) groups is 6. The average molecular weight is 774 g/mol. The third-order valence-corrected chi connectivity index (χ3v) is 10.7. The summed E-state index contributed by atoms with van der Waals surface area (Å²) in [4.78, 5) is 91.2. The van der Waals surface area contributed by atoms with Crippen LogP contribution in [-0.4, -0.2) is 107 Å². The van der Waals surface area contributed by atoms with Crippen LogP contribution in [0.15, 0.2) is 48.7 Å². The molecule has 2 saturated heterocycles. The van der Waals surface area contributed by atoms with Gasteiger partial charge in [0.15, 0.2) is 0 Å². The van der Waals surface area contributed by atoms with E-state index in [0.717, 1.165) is 44.9 Å². The Morgan fingerprint density at radius 3 is 2.36 bits per heavy atom. The highest BCUT2D eigenvalue weighted by Crippen LogP contribution is 2.34. The van der Waals surface area contributed by atoms with E-state index in [1.54, 1.807) is 43.1 Å². The average Bonchev–Trinajstić information content (AvgIpc) is 4.01. The normalized spacial score (nSPS) is 17.2. The smallest absolute Gasteiger partial charge is 0.407 e. The van der Waals surface area contributed by atoms with Crippen LogP contribution in [0.4, 0.5) is 20.1 Å². The summed E-state index contributed by atoms with van der Waals surface area (Å²) in [6.45, 7) is 4.31. The second kappa shape index (κ2) is 17.0. The number of hydrogen-bond acceptors (Lipinski definition) is 11. The Labute approximate surface area is 320 Å². The Balaban J connectivity index is 1.06. The molecule has 3 atom stereocenters. The van der Waals surface area contributed by atoms with Gasteiger partial charge in [0, 0.05) is 24.3 Å². The monoisotopic (exact) mass is 773 g/mol. The molecule has 2 aromatic carbocycles. The van der Waals surface area contributed by atoms with Gasteiger partial charge in [-0.3, -0.25) is 19.7 Å². The Kier molecular flexibility index (Phi) is 11.9. The minimum absolute atomic E-state index is 0.151. The number of imidazole rings is 1. The van der Waals surface area contributed by atoms with Crippen molar-refractivity contribution in [1.29, 1.82) is 0 Å². The summed E-state index contributed by atoms with van der Waals surface area (Å²) in [5, 5.41) is 10.8. The van der Waals surface area contributed by atoms with E-state index in [1.807, 2.05) is 24.3 Å². The number of hydrogen-bond donors (Lipinski definition) is 5. The molecule has 0 radical (unpaired) electrons. The highest BCUT2D eigenvalue weighted by molar-refractivity contribution is 7.21. The number of anilines is 1. The van der Waals surface area contributed by atoms with Crippen LogP contribution in [0.25, 0.3) is 32.0 Å². The molecule has 2 aliphatic heterocycles. The molecule has 2 aliphatic rings. The number of benzene rings is 2. The Hall–Kier alpha value is -6.04. The number of amides is 7. The van der Waals surface area contributed by atoms with Crippen LogP contribution in [0.1, 0.15) is 51.4 Å². The molecule has 2 aromatic heterocycles. The SMILES string of the molecule is COC(=O)NCC(=O)N1CCC[C@H]1c1ncc(-c2ccc(-c3nc4ccc(NC(=O)NC(=O)[C@@H]5CCCN5C(=O)[C@@H](NC(=O)OC)C(C)C)cc4s3)cc2)[nH]1. The van der Waals surface area contributed by atoms with Crippen LogP contribution in [0.2, 0.25) is 0 Å². The van der Waals surface area contributed by atoms with Crippen LogP contribution in [-0.2, 0) is 23.9 Å². The first-order chi connectivity index (χ1) is 26.4. The van der Waals surface area contributed by atoms with Gasteiger partial charge in [-0.2, -0.15) is 0 Å². The summed E-state index contributed by atoms with van der Waals surface area (Å²) < 4.78 is 10.0. The molecule has 6 rings (SSSR count). The molecular formula is C37H43N9O8S. The summed E-state index contributed by atoms with van der Waals surface area (Å²) in [6, 6.07) is 10.4. The fraction of sp³-hybridized carbons (Fsp3) is 0.405. The highest BCUT2D eigenvalue weighted by Gasteiger charge is 2.39. The molecule has 0 aliphatic carbocycles. The second-order valence-corrected chi connectivity index (χ2v) is 14.6. The number of ether oxygens (including phenoxy) is 2. The van der Waals surface area contributed by atoms with Gasteiger partial charge in [0.25, 0.3) is 5.91 Å². The Morgan fingerprint density at radius 2 is 1.64 bits per heavy atom. The number of methoxy groups -OCH3 is 2. The fourth-order valence-corrected chi connectivity index (χ4v) is 7.79. The first kappa shape index (κ1) is 38.7. The van der Waals surface area contributed by atoms with E-state index < -0.39 is 42.1 Å². The Morgan fingerprint density at radius 1 is 0.927 bits per heavy atom. The van der Waals surface area contributed by atoms with E-state index in [1.165, 1.54) is 30.5 Å². The van der Waals surface area contributed by atoms with Crippen molar-refractivity contribution in [3.8, 4) is 21.8 Å². The third kappa shape index (κ3) is 8.86. The minimum atomic E-state index is -0.883. The number of imide groups is 1. The van der Waals surface area contributed by atoms with Crippen LogP contribution in [0, 0.1) is 5.92 Å². The van der Waals surface area contributed by atoms with E-state index in [0.29, 0.717) is 37.4 Å². The number of fused-ring (bicyclic) bond motifs is 1. The number of likely N-dealkylation sites (tertiary alicyclic amines) is 2. The molecule has 0 spiro atoms. The van der Waals surface area contributed by atoms with Gasteiger partial charge in [-0.25, -0.2) is 24.4 Å². The molecule has 17 nitrogen and oxygen atoms in total. The van der Waals surface area contributed by atoms with Gasteiger partial charge < -0.3 is 40.2 Å². The number of alkyl carbamates (subject to hydrolysis) is 2. The predicted molar refractivity (Wildman–Crippen MR) is 203 cm³/mol. The summed E-state index contributed by atoms with van der Waals surface area (Å²) in [7, 11) is 2.46. The van der Waals surface area contributed by atoms with Crippen molar-refractivity contribution in [1.82, 2.24) is 40.7 Å². The third-order valence-electron chi connectivity index (χ3n) is 9.61. The van der Waals surface area contributed by atoms with Crippen LogP contribution < -0.4 is 21.3 Å². The Bertz CT molecular complexity index is 2080. The molecule has 18 heteroatoms. The van der Waals surface area contributed by atoms with Crippen molar-refractivity contribution >= 4 is 63.2 Å². The number of nitrogens with one attached hydrogen (secondary N) is 5. The van der Waals surface area contributed by atoms with Crippen molar-refractivity contribution in [3.63, 3.8) is 0 Å². The lowest BCUT2D eigenvalue weighted by atomic mass is 10.0. The minimum Gasteiger partial charge on any atom is -0.453 e. The number of aromatic nitrogens is 3. The first-order valence-electron chi connectivity index (χ1n) is 17.9. The number of carbonyl (C=O) groups excluding carboxylic acids is 6. The first-order valence-corrected chi connectivity index (χ1v) is 18.7. The maximum absolute atomic E-state index is 13.3. The maximum atomic E-state index is 13.3. The second-order valence-electron chi connectivity index (χ2n) is 13.5. The van der Waals surface area contributed by atoms with Crippen molar-refractivity contribution in [3.05, 3.63) is 54.5 Å². The molecule has 7 amide bonds. The molecule has 0 bridgehead atoms. The van der Waals surface area contributed by atoms with Crippen molar-refractivity contribution < 1.29 is 38.2 Å². The maximum Gasteiger partial charge on any atom is 0.407 e. The predicted octanol–water partition coefficient (Wildman–Crippen LogP) is 4.39. The molecule has 2 fully saturated rings. The number of nitrogens with zero attached hydrogens (tertiary/aromatic N) is 4. The summed E-state index contributed by atoms with van der Waals surface area (Å²) >= 11 is 1.45. The lowest BCUT2D eigenvalue weighted by Crippen LogP contribution is -2.55.